The molecule has 0 aliphatic heterocycles. The molecule has 2 aromatic carbocycles. The smallest absolute Gasteiger partial charge is 0.404 e. The van der Waals surface area contributed by atoms with Crippen LogP contribution in [-0.4, -0.2) is 37.3 Å². The average Bonchev–Trinajstić information content (AvgIpc) is 3.55. The molecule has 5 rings (SSSR count). The summed E-state index contributed by atoms with van der Waals surface area (Å²) in [7, 11) is -4.69. The first-order chi connectivity index (χ1) is 19.9. The third-order valence-electron chi connectivity index (χ3n) is 5.54. The second-order valence-electron chi connectivity index (χ2n) is 8.62. The zero-order chi connectivity index (χ0) is 29.9. The number of alkyl halides is 3. The van der Waals surface area contributed by atoms with Crippen molar-refractivity contribution in [3.8, 4) is 16.2 Å². The van der Waals surface area contributed by atoms with Crippen LogP contribution >= 0.6 is 30.5 Å². The van der Waals surface area contributed by atoms with Crippen LogP contribution in [0.4, 0.5) is 34.6 Å². The third-order valence-corrected chi connectivity index (χ3v) is 8.14. The highest BCUT2D eigenvalue weighted by Crippen LogP contribution is 2.41. The van der Waals surface area contributed by atoms with Crippen molar-refractivity contribution >= 4 is 63.4 Å². The van der Waals surface area contributed by atoms with Crippen molar-refractivity contribution in [1.82, 2.24) is 15.0 Å². The molecule has 218 valence electrons. The Morgan fingerprint density at radius 3 is 2.60 bits per heavy atom. The Labute approximate surface area is 243 Å². The lowest BCUT2D eigenvalue weighted by molar-refractivity contribution is -0.137. The van der Waals surface area contributed by atoms with E-state index in [4.69, 9.17) is 9.79 Å². The molecule has 0 saturated heterocycles. The first-order valence-corrected chi connectivity index (χ1v) is 15.1. The van der Waals surface area contributed by atoms with Gasteiger partial charge in [-0.25, -0.2) is 24.3 Å². The van der Waals surface area contributed by atoms with Gasteiger partial charge in [-0.2, -0.15) is 13.2 Å². The van der Waals surface area contributed by atoms with Gasteiger partial charge in [0.15, 0.2) is 5.13 Å². The van der Waals surface area contributed by atoms with Gasteiger partial charge in [-0.3, -0.25) is 15.1 Å². The highest BCUT2D eigenvalue weighted by molar-refractivity contribution is 7.46. The van der Waals surface area contributed by atoms with Crippen molar-refractivity contribution < 1.29 is 36.8 Å². The summed E-state index contributed by atoms with van der Waals surface area (Å²) in [6.07, 6.45) is -0.961. The Morgan fingerprint density at radius 1 is 1.00 bits per heavy atom. The van der Waals surface area contributed by atoms with Gasteiger partial charge in [0.1, 0.15) is 17.9 Å². The number of benzene rings is 2. The van der Waals surface area contributed by atoms with E-state index in [-0.39, 0.29) is 16.6 Å². The second kappa shape index (κ2) is 12.0. The SMILES string of the molecule is O=C(Nc1cccc(C(F)(F)F)c1)Nc1ncc(CCNc2ncnc3cc(-c4cccc(OP(=O)(O)O)c4)sc23)s1. The Hall–Kier alpha value is -4.08. The summed E-state index contributed by atoms with van der Waals surface area (Å²) in [6, 6.07) is 11.8. The standard InChI is InChI=1S/C25H20F3N6O5PS2/c26-25(27,28)15-4-2-5-16(10-15)33-23(35)34-24-30-12-18(41-24)7-8-29-22-21-19(31-13-32-22)11-20(42-21)14-3-1-6-17(9-14)39-40(36,37)38/h1-6,9-13H,7-8H2,(H,29,31,32)(H2,36,37,38)(H2,30,33,34,35). The van der Waals surface area contributed by atoms with E-state index < -0.39 is 25.6 Å². The summed E-state index contributed by atoms with van der Waals surface area (Å²) >= 11 is 2.62. The molecule has 0 aliphatic rings. The number of hydrogen-bond donors (Lipinski definition) is 5. The van der Waals surface area contributed by atoms with Gasteiger partial charge in [-0.1, -0.05) is 18.2 Å². The van der Waals surface area contributed by atoms with Crippen LogP contribution in [0.3, 0.4) is 0 Å². The molecule has 0 radical (unpaired) electrons. The van der Waals surface area contributed by atoms with E-state index in [1.165, 1.54) is 53.3 Å². The molecule has 42 heavy (non-hydrogen) atoms. The van der Waals surface area contributed by atoms with E-state index in [0.29, 0.717) is 29.9 Å². The van der Waals surface area contributed by atoms with Gasteiger partial charge in [0.25, 0.3) is 0 Å². The molecule has 0 saturated carbocycles. The third kappa shape index (κ3) is 7.60. The number of amides is 2. The maximum absolute atomic E-state index is 12.9. The predicted molar refractivity (Wildman–Crippen MR) is 154 cm³/mol. The van der Waals surface area contributed by atoms with Gasteiger partial charge in [0, 0.05) is 34.6 Å². The molecule has 2 amide bonds. The van der Waals surface area contributed by atoms with Crippen LogP contribution in [0.2, 0.25) is 0 Å². The maximum Gasteiger partial charge on any atom is 0.524 e. The van der Waals surface area contributed by atoms with E-state index >= 15 is 0 Å². The number of aromatic nitrogens is 3. The van der Waals surface area contributed by atoms with E-state index in [0.717, 1.165) is 26.6 Å². The zero-order valence-corrected chi connectivity index (χ0v) is 23.7. The molecule has 0 fully saturated rings. The fourth-order valence-electron chi connectivity index (χ4n) is 3.78. The summed E-state index contributed by atoms with van der Waals surface area (Å²) in [5, 5.41) is 8.44. The van der Waals surface area contributed by atoms with Crippen molar-refractivity contribution in [3.05, 3.63) is 77.6 Å². The number of nitrogens with zero attached hydrogens (tertiary/aromatic N) is 3. The number of carbonyl (C=O) groups excluding carboxylic acids is 1. The Morgan fingerprint density at radius 2 is 1.81 bits per heavy atom. The van der Waals surface area contributed by atoms with Crippen LogP contribution in [-0.2, 0) is 17.2 Å². The summed E-state index contributed by atoms with van der Waals surface area (Å²) < 4.78 is 55.3. The molecular formula is C25H20F3N6O5PS2. The van der Waals surface area contributed by atoms with Crippen molar-refractivity contribution in [1.29, 1.82) is 0 Å². The summed E-state index contributed by atoms with van der Waals surface area (Å²) in [4.78, 5) is 44.9. The van der Waals surface area contributed by atoms with Crippen LogP contribution in [0, 0.1) is 0 Å². The van der Waals surface area contributed by atoms with E-state index in [1.54, 1.807) is 18.3 Å². The largest absolute Gasteiger partial charge is 0.524 e. The number of halogens is 3. The lowest BCUT2D eigenvalue weighted by Crippen LogP contribution is -2.19. The number of phosphoric acid groups is 1. The minimum Gasteiger partial charge on any atom is -0.404 e. The summed E-state index contributed by atoms with van der Waals surface area (Å²) in [5.74, 6) is 0.636. The summed E-state index contributed by atoms with van der Waals surface area (Å²) in [6.45, 7) is 0.475. The van der Waals surface area contributed by atoms with E-state index in [1.807, 2.05) is 6.07 Å². The normalized spacial score (nSPS) is 11.8. The quantitative estimate of drug-likeness (QED) is 0.112. The number of thiazole rings is 1. The number of rotatable bonds is 9. The van der Waals surface area contributed by atoms with Gasteiger partial charge in [-0.15, -0.1) is 22.7 Å². The first-order valence-electron chi connectivity index (χ1n) is 12.0. The lowest BCUT2D eigenvalue weighted by Gasteiger charge is -2.09. The Kier molecular flexibility index (Phi) is 8.43. The summed E-state index contributed by atoms with van der Waals surface area (Å²) in [5.41, 5.74) is 0.506. The molecule has 3 heterocycles. The maximum atomic E-state index is 12.9. The fraction of sp³-hybridized carbons (Fsp3) is 0.120. The highest BCUT2D eigenvalue weighted by Gasteiger charge is 2.30. The number of anilines is 3. The molecule has 0 atom stereocenters. The molecule has 3 aromatic heterocycles. The molecule has 0 aliphatic carbocycles. The van der Waals surface area contributed by atoms with Crippen molar-refractivity contribution in [3.63, 3.8) is 0 Å². The van der Waals surface area contributed by atoms with Crippen LogP contribution < -0.4 is 20.5 Å². The first kappa shape index (κ1) is 29.4. The number of urea groups is 1. The number of phosphoric ester groups is 1. The van der Waals surface area contributed by atoms with Crippen molar-refractivity contribution in [2.75, 3.05) is 22.5 Å². The van der Waals surface area contributed by atoms with Crippen LogP contribution in [0.1, 0.15) is 10.4 Å². The number of carbonyl (C=O) groups is 1. The monoisotopic (exact) mass is 636 g/mol. The van der Waals surface area contributed by atoms with Crippen LogP contribution in [0.5, 0.6) is 5.75 Å². The predicted octanol–water partition coefficient (Wildman–Crippen LogP) is 6.60. The lowest BCUT2D eigenvalue weighted by atomic mass is 10.2. The van der Waals surface area contributed by atoms with Crippen LogP contribution in [0.15, 0.2) is 67.1 Å². The molecule has 0 unspecified atom stereocenters. The zero-order valence-electron chi connectivity index (χ0n) is 21.1. The second-order valence-corrected chi connectivity index (χ2v) is 12.0. The highest BCUT2D eigenvalue weighted by atomic mass is 32.1. The molecule has 0 spiro atoms. The molecular weight excluding hydrogens is 616 g/mol. The van der Waals surface area contributed by atoms with Gasteiger partial charge < -0.3 is 15.2 Å². The molecule has 17 heteroatoms. The van der Waals surface area contributed by atoms with Crippen molar-refractivity contribution in [2.45, 2.75) is 12.6 Å². The average molecular weight is 637 g/mol. The minimum atomic E-state index is -4.69. The Balaban J connectivity index is 1.19. The van der Waals surface area contributed by atoms with Gasteiger partial charge in [0.2, 0.25) is 0 Å². The topological polar surface area (TPSA) is 159 Å². The van der Waals surface area contributed by atoms with Crippen molar-refractivity contribution in [2.24, 2.45) is 0 Å². The minimum absolute atomic E-state index is 0.00150. The Bertz CT molecular complexity index is 1790. The van der Waals surface area contributed by atoms with Gasteiger partial charge >= 0.3 is 20.0 Å². The number of nitrogens with one attached hydrogen (secondary N) is 3. The number of fused-ring (bicyclic) bond motifs is 1. The molecule has 5 aromatic rings. The van der Waals surface area contributed by atoms with Crippen LogP contribution in [0.25, 0.3) is 20.7 Å². The fourth-order valence-corrected chi connectivity index (χ4v) is 6.05. The van der Waals surface area contributed by atoms with Gasteiger partial charge in [0.05, 0.1) is 15.8 Å². The molecule has 5 N–H and O–H groups in total. The number of hydrogen-bond acceptors (Lipinski definition) is 9. The van der Waals surface area contributed by atoms with E-state index in [9.17, 15) is 22.5 Å². The number of thiophene rings is 1. The van der Waals surface area contributed by atoms with Gasteiger partial charge in [-0.05, 0) is 42.0 Å². The van der Waals surface area contributed by atoms with E-state index in [2.05, 4.69) is 35.4 Å². The molecule has 0 bridgehead atoms. The molecule has 11 nitrogen and oxygen atoms in total.